The van der Waals surface area contributed by atoms with Crippen molar-refractivity contribution in [1.82, 2.24) is 0 Å². The first-order chi connectivity index (χ1) is 5.38. The number of carbonyl (C=O) groups is 1. The Hall–Kier alpha value is -0.290. The summed E-state index contributed by atoms with van der Waals surface area (Å²) in [5.41, 5.74) is 0. The second kappa shape index (κ2) is 4.67. The van der Waals surface area contributed by atoms with Crippen LogP contribution < -0.4 is 0 Å². The summed E-state index contributed by atoms with van der Waals surface area (Å²) in [7, 11) is -3.15. The lowest BCUT2D eigenvalue weighted by Crippen LogP contribution is -2.16. The van der Waals surface area contributed by atoms with Gasteiger partial charge in [0, 0.05) is 13.2 Å². The molecule has 0 aromatic rings. The maximum Gasteiger partial charge on any atom is 0.187 e. The van der Waals surface area contributed by atoms with Gasteiger partial charge in [-0.2, -0.15) is 0 Å². The summed E-state index contributed by atoms with van der Waals surface area (Å²) in [4.78, 5) is 10.6. The van der Waals surface area contributed by atoms with Gasteiger partial charge in [-0.15, -0.1) is 6.58 Å². The van der Waals surface area contributed by atoms with Gasteiger partial charge in [0.15, 0.2) is 15.0 Å². The number of carbonyl (C=O) groups excluding carboxylic acids is 1. The molecule has 0 N–H and O–H groups in total. The summed E-state index contributed by atoms with van der Waals surface area (Å²) in [6.07, 6.45) is 2.93. The molecule has 0 fully saturated rings. The van der Waals surface area contributed by atoms with Crippen molar-refractivity contribution in [3.63, 3.8) is 0 Å². The summed E-state index contributed by atoms with van der Waals surface area (Å²) in [6.45, 7) is 4.79. The van der Waals surface area contributed by atoms with E-state index in [4.69, 9.17) is 0 Å². The van der Waals surface area contributed by atoms with Crippen LogP contribution in [0.3, 0.4) is 0 Å². The Morgan fingerprint density at radius 2 is 2.17 bits per heavy atom. The Morgan fingerprint density at radius 3 is 2.42 bits per heavy atom. The lowest BCUT2D eigenvalue weighted by Gasteiger charge is -2.09. The van der Waals surface area contributed by atoms with Gasteiger partial charge in [-0.25, -0.2) is 8.42 Å². The van der Waals surface area contributed by atoms with Crippen LogP contribution in [0.1, 0.15) is 13.3 Å². The number of hydrogen-bond acceptors (Lipinski definition) is 4. The SMILES string of the molecule is C=CCC(SC(C)=O)S(C)(=O)=O. The first-order valence-corrected chi connectivity index (χ1v) is 6.18. The molecule has 70 valence electrons. The lowest BCUT2D eigenvalue weighted by molar-refractivity contribution is -0.109. The van der Waals surface area contributed by atoms with Crippen molar-refractivity contribution in [3.05, 3.63) is 12.7 Å². The van der Waals surface area contributed by atoms with E-state index in [1.54, 1.807) is 0 Å². The normalized spacial score (nSPS) is 13.8. The molecule has 12 heavy (non-hydrogen) atoms. The number of sulfone groups is 1. The molecule has 1 unspecified atom stereocenters. The quantitative estimate of drug-likeness (QED) is 0.652. The standard InChI is InChI=1S/C7H12O3S2/c1-4-5-7(11-6(2)8)12(3,9)10/h4,7H,1,5H2,2-3H3. The molecule has 0 amide bonds. The first-order valence-electron chi connectivity index (χ1n) is 3.35. The van der Waals surface area contributed by atoms with Crippen molar-refractivity contribution in [2.45, 2.75) is 17.9 Å². The third-order valence-electron chi connectivity index (χ3n) is 1.13. The van der Waals surface area contributed by atoms with E-state index in [9.17, 15) is 13.2 Å². The Balaban J connectivity index is 4.44. The summed E-state index contributed by atoms with van der Waals surface area (Å²) in [5, 5.41) is -0.188. The molecular formula is C7H12O3S2. The van der Waals surface area contributed by atoms with E-state index in [2.05, 4.69) is 6.58 Å². The predicted molar refractivity (Wildman–Crippen MR) is 51.7 cm³/mol. The van der Waals surface area contributed by atoms with Crippen LogP contribution in [0, 0.1) is 0 Å². The van der Waals surface area contributed by atoms with E-state index < -0.39 is 14.4 Å². The molecule has 0 radical (unpaired) electrons. The number of hydrogen-bond donors (Lipinski definition) is 0. The molecule has 3 nitrogen and oxygen atoms in total. The van der Waals surface area contributed by atoms with Crippen LogP contribution in [-0.4, -0.2) is 24.4 Å². The molecule has 0 aliphatic carbocycles. The topological polar surface area (TPSA) is 51.2 Å². The molecule has 5 heteroatoms. The van der Waals surface area contributed by atoms with Gasteiger partial charge in [-0.05, 0) is 6.42 Å². The van der Waals surface area contributed by atoms with Gasteiger partial charge >= 0.3 is 0 Å². The van der Waals surface area contributed by atoms with Crippen LogP contribution in [0.2, 0.25) is 0 Å². The third-order valence-corrected chi connectivity index (χ3v) is 4.41. The monoisotopic (exact) mass is 208 g/mol. The summed E-state index contributed by atoms with van der Waals surface area (Å²) < 4.78 is 21.4. The third kappa shape index (κ3) is 4.56. The average molecular weight is 208 g/mol. The Labute approximate surface area is 77.1 Å². The molecule has 0 spiro atoms. The largest absolute Gasteiger partial charge is 0.288 e. The smallest absolute Gasteiger partial charge is 0.187 e. The van der Waals surface area contributed by atoms with Gasteiger partial charge < -0.3 is 0 Å². The van der Waals surface area contributed by atoms with Crippen LogP contribution in [-0.2, 0) is 14.6 Å². The Kier molecular flexibility index (Phi) is 4.55. The van der Waals surface area contributed by atoms with Crippen molar-refractivity contribution < 1.29 is 13.2 Å². The van der Waals surface area contributed by atoms with E-state index in [1.807, 2.05) is 0 Å². The van der Waals surface area contributed by atoms with E-state index >= 15 is 0 Å². The second-order valence-corrected chi connectivity index (χ2v) is 6.30. The van der Waals surface area contributed by atoms with Crippen LogP contribution in [0.5, 0.6) is 0 Å². The average Bonchev–Trinajstić information content (AvgIpc) is 1.83. The van der Waals surface area contributed by atoms with Gasteiger partial charge in [0.1, 0.15) is 4.58 Å². The van der Waals surface area contributed by atoms with Crippen molar-refractivity contribution in [1.29, 1.82) is 0 Å². The van der Waals surface area contributed by atoms with Gasteiger partial charge in [-0.3, -0.25) is 4.79 Å². The van der Waals surface area contributed by atoms with Crippen molar-refractivity contribution in [2.75, 3.05) is 6.26 Å². The zero-order chi connectivity index (χ0) is 9.78. The van der Waals surface area contributed by atoms with Gasteiger partial charge in [0.2, 0.25) is 0 Å². The highest BCUT2D eigenvalue weighted by atomic mass is 32.3. The summed E-state index contributed by atoms with van der Waals surface area (Å²) >= 11 is 0.833. The minimum atomic E-state index is -3.15. The van der Waals surface area contributed by atoms with E-state index in [0.29, 0.717) is 6.42 Å². The van der Waals surface area contributed by atoms with Gasteiger partial charge in [-0.1, -0.05) is 17.8 Å². The zero-order valence-electron chi connectivity index (χ0n) is 7.11. The second-order valence-electron chi connectivity index (χ2n) is 2.39. The molecule has 1 atom stereocenters. The fraction of sp³-hybridized carbons (Fsp3) is 0.571. The molecule has 0 aliphatic heterocycles. The Morgan fingerprint density at radius 1 is 1.67 bits per heavy atom. The zero-order valence-corrected chi connectivity index (χ0v) is 8.74. The van der Waals surface area contributed by atoms with Gasteiger partial charge in [0.05, 0.1) is 0 Å². The molecule has 0 saturated carbocycles. The van der Waals surface area contributed by atoms with Crippen molar-refractivity contribution >= 4 is 26.7 Å². The minimum Gasteiger partial charge on any atom is -0.288 e. The maximum absolute atomic E-state index is 11.0. The molecule has 0 aliphatic rings. The van der Waals surface area contributed by atoms with Crippen molar-refractivity contribution in [2.24, 2.45) is 0 Å². The molecule has 0 aromatic heterocycles. The fourth-order valence-electron chi connectivity index (χ4n) is 0.631. The van der Waals surface area contributed by atoms with E-state index in [-0.39, 0.29) is 5.12 Å². The summed E-state index contributed by atoms with van der Waals surface area (Å²) in [5.74, 6) is 0. The minimum absolute atomic E-state index is 0.188. The highest BCUT2D eigenvalue weighted by Gasteiger charge is 2.21. The number of rotatable bonds is 4. The number of allylic oxidation sites excluding steroid dienone is 1. The molecule has 0 saturated heterocycles. The molecule has 0 rings (SSSR count). The fourth-order valence-corrected chi connectivity index (χ4v) is 2.83. The highest BCUT2D eigenvalue weighted by Crippen LogP contribution is 2.20. The predicted octanol–water partition coefficient (Wildman–Crippen LogP) is 1.21. The molecular weight excluding hydrogens is 196 g/mol. The summed E-state index contributed by atoms with van der Waals surface area (Å²) in [6, 6.07) is 0. The first kappa shape index (κ1) is 11.7. The van der Waals surface area contributed by atoms with Crippen LogP contribution in [0.15, 0.2) is 12.7 Å². The maximum atomic E-state index is 11.0. The van der Waals surface area contributed by atoms with E-state index in [1.165, 1.54) is 13.0 Å². The lowest BCUT2D eigenvalue weighted by atomic mass is 10.5. The van der Waals surface area contributed by atoms with Crippen LogP contribution in [0.4, 0.5) is 0 Å². The van der Waals surface area contributed by atoms with E-state index in [0.717, 1.165) is 18.0 Å². The molecule has 0 aromatic carbocycles. The van der Waals surface area contributed by atoms with Crippen LogP contribution >= 0.6 is 11.8 Å². The van der Waals surface area contributed by atoms with Crippen molar-refractivity contribution in [3.8, 4) is 0 Å². The number of thioether (sulfide) groups is 1. The van der Waals surface area contributed by atoms with Crippen LogP contribution in [0.25, 0.3) is 0 Å². The highest BCUT2D eigenvalue weighted by molar-refractivity contribution is 8.22. The van der Waals surface area contributed by atoms with Gasteiger partial charge in [0.25, 0.3) is 0 Å². The molecule has 0 heterocycles. The molecule has 0 bridgehead atoms. The Bertz CT molecular complexity index is 266.